The molecule has 0 radical (unpaired) electrons. The number of nitriles is 1. The summed E-state index contributed by atoms with van der Waals surface area (Å²) in [6.07, 6.45) is 1.89. The Morgan fingerprint density at radius 2 is 2.00 bits per heavy atom. The van der Waals surface area contributed by atoms with Crippen molar-refractivity contribution >= 4 is 41.3 Å². The van der Waals surface area contributed by atoms with E-state index in [1.807, 2.05) is 31.7 Å². The second-order valence-electron chi connectivity index (χ2n) is 10.2. The fraction of sp³-hybridized carbons (Fsp3) is 0.281. The van der Waals surface area contributed by atoms with E-state index in [2.05, 4.69) is 17.6 Å². The van der Waals surface area contributed by atoms with E-state index in [1.54, 1.807) is 48.3 Å². The number of rotatable bonds is 7. The van der Waals surface area contributed by atoms with Crippen molar-refractivity contribution in [3.63, 3.8) is 0 Å². The SMILES string of the molecule is C=CC(=O)N1CCN(/C(=N/C)c2cc(Cl)c(-c3ccccc3F)nc2N(C=O)c2c(C#N)cccc2C(C)C)C(C)C1. The topological polar surface area (TPSA) is 92.9 Å². The zero-order chi connectivity index (χ0) is 30.6. The fourth-order valence-corrected chi connectivity index (χ4v) is 5.52. The van der Waals surface area contributed by atoms with Gasteiger partial charge in [-0.3, -0.25) is 19.5 Å². The van der Waals surface area contributed by atoms with Crippen LogP contribution in [0, 0.1) is 17.1 Å². The molecule has 2 heterocycles. The normalized spacial score (nSPS) is 15.4. The van der Waals surface area contributed by atoms with Gasteiger partial charge in [0, 0.05) is 38.3 Å². The number of para-hydroxylation sites is 1. The molecule has 1 unspecified atom stereocenters. The van der Waals surface area contributed by atoms with Crippen LogP contribution in [0.2, 0.25) is 5.02 Å². The van der Waals surface area contributed by atoms with Gasteiger partial charge in [0.15, 0.2) is 5.82 Å². The number of nitrogens with zero attached hydrogens (tertiary/aromatic N) is 6. The van der Waals surface area contributed by atoms with E-state index in [0.29, 0.717) is 43.1 Å². The maximum absolute atomic E-state index is 15.0. The molecule has 1 aliphatic heterocycles. The van der Waals surface area contributed by atoms with Crippen molar-refractivity contribution in [1.29, 1.82) is 5.26 Å². The van der Waals surface area contributed by atoms with E-state index < -0.39 is 5.82 Å². The molecule has 1 aliphatic rings. The summed E-state index contributed by atoms with van der Waals surface area (Å²) in [5.74, 6) is -0.0748. The largest absolute Gasteiger partial charge is 0.350 e. The first-order chi connectivity index (χ1) is 20.2. The predicted octanol–water partition coefficient (Wildman–Crippen LogP) is 5.93. The minimum absolute atomic E-state index is 0.0349. The van der Waals surface area contributed by atoms with Crippen LogP contribution < -0.4 is 4.90 Å². The molecular formula is C32H32ClFN6O2. The lowest BCUT2D eigenvalue weighted by Crippen LogP contribution is -2.55. The van der Waals surface area contributed by atoms with E-state index in [0.717, 1.165) is 5.56 Å². The van der Waals surface area contributed by atoms with Crippen molar-refractivity contribution in [3.05, 3.63) is 88.7 Å². The molecule has 0 aliphatic carbocycles. The fourth-order valence-electron chi connectivity index (χ4n) is 5.27. The molecule has 1 saturated heterocycles. The first kappa shape index (κ1) is 30.4. The van der Waals surface area contributed by atoms with Gasteiger partial charge in [0.05, 0.1) is 27.5 Å². The molecule has 10 heteroatoms. The lowest BCUT2D eigenvalue weighted by Gasteiger charge is -2.41. The van der Waals surface area contributed by atoms with Gasteiger partial charge < -0.3 is 9.80 Å². The summed E-state index contributed by atoms with van der Waals surface area (Å²) < 4.78 is 15.0. The summed E-state index contributed by atoms with van der Waals surface area (Å²) in [5, 5.41) is 10.2. The average Bonchev–Trinajstić information content (AvgIpc) is 2.99. The number of amides is 2. The van der Waals surface area contributed by atoms with E-state index in [4.69, 9.17) is 16.6 Å². The number of carbonyl (C=O) groups is 2. The van der Waals surface area contributed by atoms with Crippen LogP contribution in [0.1, 0.15) is 43.4 Å². The van der Waals surface area contributed by atoms with Crippen molar-refractivity contribution in [2.24, 2.45) is 4.99 Å². The summed E-state index contributed by atoms with van der Waals surface area (Å²) in [5.41, 5.74) is 2.15. The lowest BCUT2D eigenvalue weighted by molar-refractivity contribution is -0.128. The van der Waals surface area contributed by atoms with Gasteiger partial charge in [-0.1, -0.05) is 56.3 Å². The number of anilines is 2. The molecule has 42 heavy (non-hydrogen) atoms. The molecule has 4 rings (SSSR count). The molecule has 8 nitrogen and oxygen atoms in total. The number of carbonyl (C=O) groups excluding carboxylic acids is 2. The highest BCUT2D eigenvalue weighted by atomic mass is 35.5. The summed E-state index contributed by atoms with van der Waals surface area (Å²) in [7, 11) is 1.62. The van der Waals surface area contributed by atoms with Gasteiger partial charge >= 0.3 is 0 Å². The quantitative estimate of drug-likeness (QED) is 0.148. The van der Waals surface area contributed by atoms with E-state index >= 15 is 0 Å². The maximum Gasteiger partial charge on any atom is 0.246 e. The Labute approximate surface area is 250 Å². The van der Waals surface area contributed by atoms with Crippen molar-refractivity contribution in [1.82, 2.24) is 14.8 Å². The van der Waals surface area contributed by atoms with E-state index in [1.165, 1.54) is 17.0 Å². The smallest absolute Gasteiger partial charge is 0.246 e. The molecule has 3 aromatic rings. The van der Waals surface area contributed by atoms with E-state index in [9.17, 15) is 19.2 Å². The molecule has 216 valence electrons. The second kappa shape index (κ2) is 13.0. The molecular weight excluding hydrogens is 555 g/mol. The first-order valence-electron chi connectivity index (χ1n) is 13.5. The van der Waals surface area contributed by atoms with Gasteiger partial charge in [-0.2, -0.15) is 5.26 Å². The van der Waals surface area contributed by atoms with Crippen molar-refractivity contribution < 1.29 is 14.0 Å². The Hall–Kier alpha value is -4.55. The summed E-state index contributed by atoms with van der Waals surface area (Å²) in [4.78, 5) is 39.7. The minimum Gasteiger partial charge on any atom is -0.350 e. The number of hydrogen-bond donors (Lipinski definition) is 0. The minimum atomic E-state index is -0.524. The highest BCUT2D eigenvalue weighted by molar-refractivity contribution is 6.33. The molecule has 1 fully saturated rings. The Balaban J connectivity index is 1.98. The summed E-state index contributed by atoms with van der Waals surface area (Å²) in [6, 6.07) is 15.1. The van der Waals surface area contributed by atoms with Crippen LogP contribution in [0.4, 0.5) is 15.9 Å². The van der Waals surface area contributed by atoms with E-state index in [-0.39, 0.29) is 45.5 Å². The average molecular weight is 587 g/mol. The monoisotopic (exact) mass is 586 g/mol. The van der Waals surface area contributed by atoms with Crippen LogP contribution >= 0.6 is 11.6 Å². The Morgan fingerprint density at radius 3 is 2.60 bits per heavy atom. The van der Waals surface area contributed by atoms with Crippen LogP contribution in [-0.4, -0.2) is 65.7 Å². The number of aliphatic imine (C=N–C) groups is 1. The maximum atomic E-state index is 15.0. The summed E-state index contributed by atoms with van der Waals surface area (Å²) in [6.45, 7) is 10.8. The van der Waals surface area contributed by atoms with Crippen molar-refractivity contribution in [2.45, 2.75) is 32.7 Å². The van der Waals surface area contributed by atoms with Gasteiger partial charge in [-0.25, -0.2) is 9.37 Å². The van der Waals surface area contributed by atoms with Crippen molar-refractivity contribution in [3.8, 4) is 17.3 Å². The summed E-state index contributed by atoms with van der Waals surface area (Å²) >= 11 is 6.78. The van der Waals surface area contributed by atoms with Crippen LogP contribution in [0.25, 0.3) is 11.3 Å². The lowest BCUT2D eigenvalue weighted by atomic mass is 9.96. The van der Waals surface area contributed by atoms with Crippen LogP contribution in [-0.2, 0) is 9.59 Å². The zero-order valence-electron chi connectivity index (χ0n) is 24.0. The number of hydrogen-bond acceptors (Lipinski definition) is 5. The molecule has 2 aromatic carbocycles. The Morgan fingerprint density at radius 1 is 1.26 bits per heavy atom. The van der Waals surface area contributed by atoms with Crippen molar-refractivity contribution in [2.75, 3.05) is 31.6 Å². The number of piperazine rings is 1. The Bertz CT molecular complexity index is 1600. The highest BCUT2D eigenvalue weighted by Crippen LogP contribution is 2.39. The third-order valence-electron chi connectivity index (χ3n) is 7.31. The zero-order valence-corrected chi connectivity index (χ0v) is 24.8. The van der Waals surface area contributed by atoms with Crippen LogP contribution in [0.5, 0.6) is 0 Å². The molecule has 0 spiro atoms. The number of aromatic nitrogens is 1. The third kappa shape index (κ3) is 5.76. The highest BCUT2D eigenvalue weighted by Gasteiger charge is 2.32. The van der Waals surface area contributed by atoms with Gasteiger partial charge in [0.2, 0.25) is 12.3 Å². The van der Waals surface area contributed by atoms with Crippen LogP contribution in [0.15, 0.2) is 66.2 Å². The third-order valence-corrected chi connectivity index (χ3v) is 7.60. The molecule has 1 aromatic heterocycles. The number of halogens is 2. The second-order valence-corrected chi connectivity index (χ2v) is 10.6. The predicted molar refractivity (Wildman–Crippen MR) is 163 cm³/mol. The van der Waals surface area contributed by atoms with Gasteiger partial charge in [0.1, 0.15) is 17.7 Å². The molecule has 2 amide bonds. The number of amidine groups is 1. The number of pyridine rings is 1. The first-order valence-corrected chi connectivity index (χ1v) is 13.9. The van der Waals surface area contributed by atoms with Crippen LogP contribution in [0.3, 0.4) is 0 Å². The molecule has 0 saturated carbocycles. The molecule has 0 bridgehead atoms. The van der Waals surface area contributed by atoms with Gasteiger partial charge in [-0.05, 0) is 48.7 Å². The standard InChI is InChI=1S/C32H32ClFN6O2/c1-6-28(42)38-14-15-39(21(4)18-38)31(36-5)25-16-26(33)29(24-11-7-8-13-27(24)34)37-32(25)40(19-41)30-22(17-35)10-9-12-23(30)20(2)3/h6-13,16,19-21H,1,14-15,18H2,2-5H3/b36-31+. The van der Waals surface area contributed by atoms with Gasteiger partial charge in [-0.15, -0.1) is 0 Å². The Kier molecular flexibility index (Phi) is 9.38. The molecule has 0 N–H and O–H groups in total. The molecule has 1 atom stereocenters. The number of benzene rings is 2. The van der Waals surface area contributed by atoms with Gasteiger partial charge in [0.25, 0.3) is 0 Å².